The second kappa shape index (κ2) is 13.7. The average molecular weight is 628 g/mol. The molecule has 6 nitrogen and oxygen atoms in total. The highest BCUT2D eigenvalue weighted by atomic mass is 32.2. The zero-order valence-electron chi connectivity index (χ0n) is 24.4. The fourth-order valence-electron chi connectivity index (χ4n) is 4.86. The highest BCUT2D eigenvalue weighted by Gasteiger charge is 2.27. The molecule has 0 radical (unpaired) electrons. The predicted octanol–water partition coefficient (Wildman–Crippen LogP) is 8.33. The number of nitrogens with one attached hydrogen (secondary N) is 2. The largest absolute Gasteiger partial charge is 0.321 e. The van der Waals surface area contributed by atoms with Crippen LogP contribution in [0.3, 0.4) is 0 Å². The van der Waals surface area contributed by atoms with Gasteiger partial charge in [-0.1, -0.05) is 78.5 Å². The second-order valence-corrected chi connectivity index (χ2v) is 12.4. The fourth-order valence-corrected chi connectivity index (χ4v) is 6.67. The molecule has 0 aromatic heterocycles. The molecular weight excluding hydrogens is 599 g/mol. The van der Waals surface area contributed by atoms with Gasteiger partial charge in [-0.15, -0.1) is 11.8 Å². The molecule has 1 heterocycles. The molecule has 1 aliphatic heterocycles. The molecule has 0 saturated heterocycles. The summed E-state index contributed by atoms with van der Waals surface area (Å²) in [5.41, 5.74) is 4.72. The molecule has 5 aromatic rings. The zero-order chi connectivity index (χ0) is 31.2. The first-order valence-electron chi connectivity index (χ1n) is 14.3. The van der Waals surface area contributed by atoms with Gasteiger partial charge in [0.05, 0.1) is 17.1 Å². The number of hydrogen-bond donors (Lipinski definition) is 2. The molecule has 8 heteroatoms. The Morgan fingerprint density at radius 3 is 2.00 bits per heavy atom. The molecule has 1 aliphatic rings. The lowest BCUT2D eigenvalue weighted by atomic mass is 10.1. The van der Waals surface area contributed by atoms with Crippen LogP contribution in [0.25, 0.3) is 6.08 Å². The number of hydrogen-bond acceptors (Lipinski definition) is 5. The van der Waals surface area contributed by atoms with Crippen LogP contribution in [-0.2, 0) is 9.59 Å². The first kappa shape index (κ1) is 30.0. The van der Waals surface area contributed by atoms with Crippen LogP contribution in [0.15, 0.2) is 148 Å². The van der Waals surface area contributed by atoms with Gasteiger partial charge < -0.3 is 10.6 Å². The van der Waals surface area contributed by atoms with Crippen LogP contribution in [0, 0.1) is 6.92 Å². The van der Waals surface area contributed by atoms with Crippen molar-refractivity contribution in [3.05, 3.63) is 150 Å². The Bertz CT molecular complexity index is 1860. The summed E-state index contributed by atoms with van der Waals surface area (Å²) in [6.45, 7) is 1.95. The van der Waals surface area contributed by atoms with E-state index in [9.17, 15) is 14.4 Å². The topological polar surface area (TPSA) is 78.5 Å². The molecule has 0 aliphatic carbocycles. The molecule has 3 amide bonds. The van der Waals surface area contributed by atoms with Gasteiger partial charge in [-0.2, -0.15) is 0 Å². The Morgan fingerprint density at radius 2 is 1.33 bits per heavy atom. The number of aryl methyl sites for hydroxylation is 1. The second-order valence-electron chi connectivity index (χ2n) is 10.3. The molecular formula is C37H29N3O3S2. The van der Waals surface area contributed by atoms with Crippen LogP contribution in [0.5, 0.6) is 0 Å². The minimum atomic E-state index is -0.446. The van der Waals surface area contributed by atoms with Gasteiger partial charge in [0.2, 0.25) is 5.91 Å². The third kappa shape index (κ3) is 7.03. The van der Waals surface area contributed by atoms with Gasteiger partial charge in [0.15, 0.2) is 0 Å². The molecule has 2 N–H and O–H groups in total. The van der Waals surface area contributed by atoms with Crippen LogP contribution in [0.1, 0.15) is 21.5 Å². The van der Waals surface area contributed by atoms with E-state index in [1.807, 2.05) is 97.9 Å². The van der Waals surface area contributed by atoms with Crippen LogP contribution in [0.4, 0.5) is 17.1 Å². The first-order valence-corrected chi connectivity index (χ1v) is 16.1. The van der Waals surface area contributed by atoms with E-state index in [-0.39, 0.29) is 23.3 Å². The Hall–Kier alpha value is -5.05. The Morgan fingerprint density at radius 1 is 0.733 bits per heavy atom. The van der Waals surface area contributed by atoms with Gasteiger partial charge in [-0.3, -0.25) is 19.3 Å². The lowest BCUT2D eigenvalue weighted by Crippen LogP contribution is -2.30. The summed E-state index contributed by atoms with van der Waals surface area (Å²) in [5.74, 6) is -0.593. The standard InChI is InChI=1S/C37H29N3O3S2/c1-25-11-5-6-14-27(25)23-30(39-36(42)26-12-3-2-4-13-26)37(43)38-28-19-21-29(22-20-28)44-24-35(41)40-31-15-7-9-17-33(31)45-34-18-10-8-16-32(34)40/h2-23H,24H2,1H3,(H,38,43)(H,39,42)/b30-23-. The maximum atomic E-state index is 13.5. The van der Waals surface area contributed by atoms with Gasteiger partial charge in [-0.05, 0) is 84.8 Å². The number of thioether (sulfide) groups is 1. The van der Waals surface area contributed by atoms with Crippen LogP contribution < -0.4 is 15.5 Å². The molecule has 0 atom stereocenters. The van der Waals surface area contributed by atoms with Gasteiger partial charge in [0, 0.05) is 25.9 Å². The number of amides is 3. The van der Waals surface area contributed by atoms with Crippen molar-refractivity contribution in [3.8, 4) is 0 Å². The van der Waals surface area contributed by atoms with E-state index >= 15 is 0 Å². The summed E-state index contributed by atoms with van der Waals surface area (Å²) < 4.78 is 0. The molecule has 222 valence electrons. The summed E-state index contributed by atoms with van der Waals surface area (Å²) in [6, 6.07) is 39.6. The molecule has 0 unspecified atom stereocenters. The number of carbonyl (C=O) groups is 3. The van der Waals surface area contributed by atoms with E-state index in [1.54, 1.807) is 59.1 Å². The van der Waals surface area contributed by atoms with E-state index in [2.05, 4.69) is 10.6 Å². The Balaban J connectivity index is 1.14. The summed E-state index contributed by atoms with van der Waals surface area (Å²) in [4.78, 5) is 44.7. The quantitative estimate of drug-likeness (QED) is 0.134. The maximum Gasteiger partial charge on any atom is 0.272 e. The molecule has 45 heavy (non-hydrogen) atoms. The summed E-state index contributed by atoms with van der Waals surface area (Å²) >= 11 is 3.10. The SMILES string of the molecule is Cc1ccccc1/C=C(\NC(=O)c1ccccc1)C(=O)Nc1ccc(SCC(=O)N2c3ccccc3Sc3ccccc32)cc1. The smallest absolute Gasteiger partial charge is 0.272 e. The highest BCUT2D eigenvalue weighted by molar-refractivity contribution is 8.00. The minimum Gasteiger partial charge on any atom is -0.321 e. The van der Waals surface area contributed by atoms with Crippen LogP contribution in [-0.4, -0.2) is 23.5 Å². The monoisotopic (exact) mass is 627 g/mol. The number of nitrogens with zero attached hydrogens (tertiary/aromatic N) is 1. The number of benzene rings is 5. The van der Waals surface area contributed by atoms with Crippen molar-refractivity contribution in [1.82, 2.24) is 5.32 Å². The summed E-state index contributed by atoms with van der Waals surface area (Å²) in [6.07, 6.45) is 1.68. The third-order valence-corrected chi connectivity index (χ3v) is 9.30. The number of para-hydroxylation sites is 2. The lowest BCUT2D eigenvalue weighted by Gasteiger charge is -2.31. The molecule has 0 saturated carbocycles. The summed E-state index contributed by atoms with van der Waals surface area (Å²) in [5, 5.41) is 5.68. The van der Waals surface area contributed by atoms with Gasteiger partial charge in [-0.25, -0.2) is 0 Å². The van der Waals surface area contributed by atoms with E-state index in [4.69, 9.17) is 0 Å². The van der Waals surface area contributed by atoms with Gasteiger partial charge >= 0.3 is 0 Å². The molecule has 5 aromatic carbocycles. The molecule has 0 spiro atoms. The van der Waals surface area contributed by atoms with Crippen molar-refractivity contribution in [3.63, 3.8) is 0 Å². The van der Waals surface area contributed by atoms with E-state index in [0.717, 1.165) is 37.2 Å². The van der Waals surface area contributed by atoms with E-state index < -0.39 is 5.91 Å². The summed E-state index contributed by atoms with van der Waals surface area (Å²) in [7, 11) is 0. The van der Waals surface area contributed by atoms with Crippen LogP contribution in [0.2, 0.25) is 0 Å². The fraction of sp³-hybridized carbons (Fsp3) is 0.0541. The Kier molecular flexibility index (Phi) is 9.14. The normalized spacial score (nSPS) is 12.1. The maximum absolute atomic E-state index is 13.5. The molecule has 0 bridgehead atoms. The number of fused-ring (bicyclic) bond motifs is 2. The van der Waals surface area contributed by atoms with Crippen molar-refractivity contribution in [1.29, 1.82) is 0 Å². The lowest BCUT2D eigenvalue weighted by molar-refractivity contribution is -0.115. The first-order chi connectivity index (χ1) is 22.0. The van der Waals surface area contributed by atoms with Crippen molar-refractivity contribution in [2.75, 3.05) is 16.0 Å². The van der Waals surface area contributed by atoms with Crippen molar-refractivity contribution >= 4 is 64.4 Å². The van der Waals surface area contributed by atoms with Gasteiger partial charge in [0.25, 0.3) is 11.8 Å². The minimum absolute atomic E-state index is 0.0160. The third-order valence-electron chi connectivity index (χ3n) is 7.17. The predicted molar refractivity (Wildman–Crippen MR) is 183 cm³/mol. The molecule has 6 rings (SSSR count). The van der Waals surface area contributed by atoms with E-state index in [0.29, 0.717) is 11.3 Å². The molecule has 0 fully saturated rings. The van der Waals surface area contributed by atoms with Gasteiger partial charge in [0.1, 0.15) is 5.70 Å². The van der Waals surface area contributed by atoms with Crippen molar-refractivity contribution < 1.29 is 14.4 Å². The van der Waals surface area contributed by atoms with Crippen molar-refractivity contribution in [2.24, 2.45) is 0 Å². The zero-order valence-corrected chi connectivity index (χ0v) is 26.0. The number of anilines is 3. The number of carbonyl (C=O) groups excluding carboxylic acids is 3. The van der Waals surface area contributed by atoms with E-state index in [1.165, 1.54) is 11.8 Å². The van der Waals surface area contributed by atoms with Crippen molar-refractivity contribution in [2.45, 2.75) is 21.6 Å². The highest BCUT2D eigenvalue weighted by Crippen LogP contribution is 2.48. The Labute approximate surface area is 270 Å². The average Bonchev–Trinajstić information content (AvgIpc) is 3.07. The van der Waals surface area contributed by atoms with Crippen LogP contribution >= 0.6 is 23.5 Å². The number of rotatable bonds is 8.